The number of amides is 1. The van der Waals surface area contributed by atoms with Gasteiger partial charge in [-0.2, -0.15) is 0 Å². The molecule has 0 aliphatic carbocycles. The van der Waals surface area contributed by atoms with Crippen LogP contribution >= 0.6 is 0 Å². The van der Waals surface area contributed by atoms with E-state index in [1.54, 1.807) is 7.11 Å². The van der Waals surface area contributed by atoms with Crippen molar-refractivity contribution in [3.05, 3.63) is 66.7 Å². The van der Waals surface area contributed by atoms with Crippen molar-refractivity contribution < 1.29 is 14.3 Å². The van der Waals surface area contributed by atoms with E-state index >= 15 is 0 Å². The van der Waals surface area contributed by atoms with Crippen molar-refractivity contribution in [3.63, 3.8) is 0 Å². The third kappa shape index (κ3) is 5.21. The van der Waals surface area contributed by atoms with Gasteiger partial charge >= 0.3 is 0 Å². The lowest BCUT2D eigenvalue weighted by Crippen LogP contribution is -2.31. The highest BCUT2D eigenvalue weighted by Gasteiger charge is 2.13. The number of methoxy groups -OCH3 is 1. The fourth-order valence-electron chi connectivity index (χ4n) is 2.72. The van der Waals surface area contributed by atoms with Gasteiger partial charge in [-0.15, -0.1) is 0 Å². The molecule has 0 saturated carbocycles. The van der Waals surface area contributed by atoms with Crippen molar-refractivity contribution in [2.24, 2.45) is 0 Å². The Morgan fingerprint density at radius 1 is 0.926 bits per heavy atom. The molecule has 5 nitrogen and oxygen atoms in total. The predicted molar refractivity (Wildman–Crippen MR) is 109 cm³/mol. The molecule has 140 valence electrons. The zero-order chi connectivity index (χ0) is 19.1. The molecule has 3 aromatic rings. The minimum absolute atomic E-state index is 0.0919. The average molecular weight is 364 g/mol. The zero-order valence-corrected chi connectivity index (χ0v) is 15.6. The van der Waals surface area contributed by atoms with Crippen molar-refractivity contribution in [1.82, 2.24) is 0 Å². The lowest BCUT2D eigenvalue weighted by atomic mass is 10.1. The first kappa shape index (κ1) is 18.7. The summed E-state index contributed by atoms with van der Waals surface area (Å²) in [7, 11) is 1.64. The lowest BCUT2D eigenvalue weighted by Gasteiger charge is -2.16. The maximum absolute atomic E-state index is 12.5. The Morgan fingerprint density at radius 3 is 2.37 bits per heavy atom. The highest BCUT2D eigenvalue weighted by molar-refractivity contribution is 5.98. The van der Waals surface area contributed by atoms with Gasteiger partial charge in [0.25, 0.3) is 0 Å². The molecule has 3 aromatic carbocycles. The summed E-state index contributed by atoms with van der Waals surface area (Å²) in [4.78, 5) is 12.5. The van der Waals surface area contributed by atoms with Gasteiger partial charge in [0.2, 0.25) is 5.91 Å². The van der Waals surface area contributed by atoms with E-state index in [0.717, 1.165) is 27.9 Å². The molecule has 0 heterocycles. The van der Waals surface area contributed by atoms with Crippen molar-refractivity contribution in [1.29, 1.82) is 0 Å². The van der Waals surface area contributed by atoms with Crippen LogP contribution < -0.4 is 15.4 Å². The van der Waals surface area contributed by atoms with Gasteiger partial charge in [0.15, 0.2) is 0 Å². The molecule has 0 aromatic heterocycles. The van der Waals surface area contributed by atoms with E-state index in [4.69, 9.17) is 9.47 Å². The van der Waals surface area contributed by atoms with Crippen LogP contribution in [0.1, 0.15) is 6.92 Å². The highest BCUT2D eigenvalue weighted by atomic mass is 16.5. The first-order valence-electron chi connectivity index (χ1n) is 8.94. The molecule has 0 aliphatic rings. The van der Waals surface area contributed by atoms with Crippen molar-refractivity contribution in [2.75, 3.05) is 31.0 Å². The molecule has 0 aliphatic heterocycles. The Balaban J connectivity index is 1.56. The first-order valence-corrected chi connectivity index (χ1v) is 8.94. The smallest absolute Gasteiger partial charge is 0.246 e. The molecule has 0 fully saturated rings. The van der Waals surface area contributed by atoms with E-state index in [9.17, 15) is 4.79 Å². The summed E-state index contributed by atoms with van der Waals surface area (Å²) in [5.41, 5.74) is 1.64. The molecule has 5 heteroatoms. The van der Waals surface area contributed by atoms with Crippen LogP contribution in [0.15, 0.2) is 66.7 Å². The van der Waals surface area contributed by atoms with Crippen molar-refractivity contribution in [3.8, 4) is 5.75 Å². The highest BCUT2D eigenvalue weighted by Crippen LogP contribution is 2.20. The van der Waals surface area contributed by atoms with Crippen LogP contribution in [0.5, 0.6) is 5.75 Å². The van der Waals surface area contributed by atoms with Crippen LogP contribution in [0.4, 0.5) is 11.4 Å². The molecule has 3 rings (SSSR count). The molecule has 0 spiro atoms. The van der Waals surface area contributed by atoms with E-state index in [1.165, 1.54) is 0 Å². The summed E-state index contributed by atoms with van der Waals surface area (Å²) in [5.74, 6) is 0.677. The predicted octanol–water partition coefficient (Wildman–Crippen LogP) is 4.30. The molecule has 1 amide bonds. The molecule has 1 unspecified atom stereocenters. The Morgan fingerprint density at radius 2 is 1.63 bits per heavy atom. The fourth-order valence-corrected chi connectivity index (χ4v) is 2.72. The minimum Gasteiger partial charge on any atom is -0.491 e. The van der Waals surface area contributed by atoms with Crippen molar-refractivity contribution >= 4 is 28.1 Å². The molecule has 0 radical (unpaired) electrons. The maximum Gasteiger partial charge on any atom is 0.246 e. The van der Waals surface area contributed by atoms with Crippen LogP contribution in [-0.2, 0) is 9.53 Å². The van der Waals surface area contributed by atoms with Gasteiger partial charge in [-0.3, -0.25) is 4.79 Å². The van der Waals surface area contributed by atoms with Crippen LogP contribution in [0, 0.1) is 0 Å². The fraction of sp³-hybridized carbons (Fsp3) is 0.227. The standard InChI is InChI=1S/C22H24N2O3/c1-16(23-19-9-11-21(12-10-19)27-14-13-26-2)22(25)24-20-8-7-17-5-3-4-6-18(17)15-20/h3-12,15-16,23H,13-14H2,1-2H3,(H,24,25). The number of hydrogen-bond acceptors (Lipinski definition) is 4. The van der Waals surface area contributed by atoms with Gasteiger partial charge in [0, 0.05) is 18.5 Å². The van der Waals surface area contributed by atoms with E-state index in [-0.39, 0.29) is 11.9 Å². The summed E-state index contributed by atoms with van der Waals surface area (Å²) < 4.78 is 10.5. The molecule has 0 bridgehead atoms. The quantitative estimate of drug-likeness (QED) is 0.585. The topological polar surface area (TPSA) is 59.6 Å². The largest absolute Gasteiger partial charge is 0.491 e. The third-order valence-corrected chi connectivity index (χ3v) is 4.20. The summed E-state index contributed by atoms with van der Waals surface area (Å²) in [6.45, 7) is 2.89. The van der Waals surface area contributed by atoms with Gasteiger partial charge in [0.1, 0.15) is 18.4 Å². The lowest BCUT2D eigenvalue weighted by molar-refractivity contribution is -0.116. The number of carbonyl (C=O) groups excluding carboxylic acids is 1. The van der Waals surface area contributed by atoms with Crippen LogP contribution in [0.25, 0.3) is 10.8 Å². The van der Waals surface area contributed by atoms with Gasteiger partial charge in [-0.25, -0.2) is 0 Å². The molecular formula is C22H24N2O3. The first-order chi connectivity index (χ1) is 13.2. The van der Waals surface area contributed by atoms with E-state index in [1.807, 2.05) is 73.7 Å². The Hall–Kier alpha value is -3.05. The van der Waals surface area contributed by atoms with Gasteiger partial charge in [-0.05, 0) is 54.1 Å². The zero-order valence-electron chi connectivity index (χ0n) is 15.6. The molecule has 27 heavy (non-hydrogen) atoms. The number of benzene rings is 3. The maximum atomic E-state index is 12.5. The number of anilines is 2. The molecule has 0 saturated heterocycles. The van der Waals surface area contributed by atoms with Crippen LogP contribution in [0.2, 0.25) is 0 Å². The second-order valence-electron chi connectivity index (χ2n) is 6.28. The number of nitrogens with one attached hydrogen (secondary N) is 2. The average Bonchev–Trinajstić information content (AvgIpc) is 2.69. The number of carbonyl (C=O) groups is 1. The minimum atomic E-state index is -0.378. The Labute approximate surface area is 159 Å². The van der Waals surface area contributed by atoms with Gasteiger partial charge in [-0.1, -0.05) is 30.3 Å². The summed E-state index contributed by atoms with van der Waals surface area (Å²) in [6, 6.07) is 21.1. The monoisotopic (exact) mass is 364 g/mol. The normalized spacial score (nSPS) is 11.8. The second kappa shape index (κ2) is 9.05. The number of rotatable bonds is 8. The van der Waals surface area contributed by atoms with E-state index in [0.29, 0.717) is 13.2 Å². The SMILES string of the molecule is COCCOc1ccc(NC(C)C(=O)Nc2ccc3ccccc3c2)cc1. The summed E-state index contributed by atoms with van der Waals surface area (Å²) in [6.07, 6.45) is 0. The Bertz CT molecular complexity index is 893. The van der Waals surface area contributed by atoms with Gasteiger partial charge < -0.3 is 20.1 Å². The molecular weight excluding hydrogens is 340 g/mol. The Kier molecular flexibility index (Phi) is 6.28. The third-order valence-electron chi connectivity index (χ3n) is 4.20. The van der Waals surface area contributed by atoms with Gasteiger partial charge in [0.05, 0.1) is 6.61 Å². The van der Waals surface area contributed by atoms with E-state index < -0.39 is 0 Å². The number of hydrogen-bond donors (Lipinski definition) is 2. The van der Waals surface area contributed by atoms with Crippen molar-refractivity contribution in [2.45, 2.75) is 13.0 Å². The molecule has 1 atom stereocenters. The number of fused-ring (bicyclic) bond motifs is 1. The summed E-state index contributed by atoms with van der Waals surface area (Å²) >= 11 is 0. The van der Waals surface area contributed by atoms with E-state index in [2.05, 4.69) is 10.6 Å². The molecule has 2 N–H and O–H groups in total. The summed E-state index contributed by atoms with van der Waals surface area (Å²) in [5, 5.41) is 8.41. The van der Waals surface area contributed by atoms with Crippen LogP contribution in [-0.4, -0.2) is 32.3 Å². The van der Waals surface area contributed by atoms with Crippen LogP contribution in [0.3, 0.4) is 0 Å². The number of ether oxygens (including phenoxy) is 2. The second-order valence-corrected chi connectivity index (χ2v) is 6.28.